The lowest BCUT2D eigenvalue weighted by molar-refractivity contribution is 0.0696. The molecule has 7 nitrogen and oxygen atoms in total. The van der Waals surface area contributed by atoms with Crippen molar-refractivity contribution < 1.29 is 29.6 Å². The SMILES string of the molecule is Nc1ccc(Oc2cc(C(=O)O)cc(C(=O)O)c2)cc1O. The Morgan fingerprint density at radius 2 is 1.48 bits per heavy atom. The van der Waals surface area contributed by atoms with Gasteiger partial charge in [0.25, 0.3) is 0 Å². The number of phenols is 1. The van der Waals surface area contributed by atoms with Crippen LogP contribution >= 0.6 is 0 Å². The predicted octanol–water partition coefficient (Wildman–Crippen LogP) is 2.16. The summed E-state index contributed by atoms with van der Waals surface area (Å²) in [5.41, 5.74) is 5.17. The van der Waals surface area contributed by atoms with Gasteiger partial charge >= 0.3 is 11.9 Å². The molecule has 0 atom stereocenters. The molecule has 0 aliphatic rings. The highest BCUT2D eigenvalue weighted by molar-refractivity contribution is 5.94. The molecule has 2 aromatic rings. The Morgan fingerprint density at radius 1 is 0.905 bits per heavy atom. The van der Waals surface area contributed by atoms with Crippen LogP contribution in [0.1, 0.15) is 20.7 Å². The first kappa shape index (κ1) is 14.2. The number of anilines is 1. The maximum atomic E-state index is 11.0. The lowest BCUT2D eigenvalue weighted by atomic mass is 10.1. The van der Waals surface area contributed by atoms with E-state index >= 15 is 0 Å². The summed E-state index contributed by atoms with van der Waals surface area (Å²) >= 11 is 0. The van der Waals surface area contributed by atoms with Crippen molar-refractivity contribution in [2.45, 2.75) is 0 Å². The zero-order chi connectivity index (χ0) is 15.6. The third-order valence-corrected chi connectivity index (χ3v) is 2.64. The molecule has 0 heterocycles. The maximum Gasteiger partial charge on any atom is 0.335 e. The van der Waals surface area contributed by atoms with Crippen LogP contribution < -0.4 is 10.5 Å². The van der Waals surface area contributed by atoms with Crippen molar-refractivity contribution in [2.75, 3.05) is 5.73 Å². The van der Waals surface area contributed by atoms with E-state index in [1.165, 1.54) is 30.3 Å². The van der Waals surface area contributed by atoms with Crippen molar-refractivity contribution in [3.63, 3.8) is 0 Å². The highest BCUT2D eigenvalue weighted by Gasteiger charge is 2.13. The fourth-order valence-electron chi connectivity index (χ4n) is 1.63. The Balaban J connectivity index is 2.40. The highest BCUT2D eigenvalue weighted by atomic mass is 16.5. The number of aromatic hydroxyl groups is 1. The van der Waals surface area contributed by atoms with E-state index < -0.39 is 11.9 Å². The third kappa shape index (κ3) is 3.21. The summed E-state index contributed by atoms with van der Waals surface area (Å²) in [5.74, 6) is -2.52. The number of ether oxygens (including phenoxy) is 1. The lowest BCUT2D eigenvalue weighted by Gasteiger charge is -2.09. The molecule has 108 valence electrons. The van der Waals surface area contributed by atoms with Gasteiger partial charge in [0.05, 0.1) is 16.8 Å². The number of nitrogens with two attached hydrogens (primary N) is 1. The molecular formula is C14H11NO6. The quantitative estimate of drug-likeness (QED) is 0.501. The first-order valence-corrected chi connectivity index (χ1v) is 5.75. The van der Waals surface area contributed by atoms with Gasteiger partial charge in [-0.2, -0.15) is 0 Å². The summed E-state index contributed by atoms with van der Waals surface area (Å²) in [6.07, 6.45) is 0. The number of phenolic OH excluding ortho intramolecular Hbond substituents is 1. The van der Waals surface area contributed by atoms with E-state index in [2.05, 4.69) is 0 Å². The van der Waals surface area contributed by atoms with E-state index in [4.69, 9.17) is 20.7 Å². The van der Waals surface area contributed by atoms with Crippen molar-refractivity contribution in [3.8, 4) is 17.2 Å². The molecule has 0 aliphatic carbocycles. The minimum atomic E-state index is -1.27. The molecule has 0 saturated heterocycles. The molecule has 2 rings (SSSR count). The Morgan fingerprint density at radius 3 is 1.95 bits per heavy atom. The largest absolute Gasteiger partial charge is 0.506 e. The van der Waals surface area contributed by atoms with Gasteiger partial charge in [-0.3, -0.25) is 0 Å². The Bertz CT molecular complexity index is 693. The number of hydrogen-bond acceptors (Lipinski definition) is 5. The van der Waals surface area contributed by atoms with E-state index in [0.717, 1.165) is 6.07 Å². The van der Waals surface area contributed by atoms with Crippen LogP contribution in [0.2, 0.25) is 0 Å². The van der Waals surface area contributed by atoms with Crippen molar-refractivity contribution in [3.05, 3.63) is 47.5 Å². The molecule has 0 bridgehead atoms. The number of rotatable bonds is 4. The normalized spacial score (nSPS) is 10.1. The monoisotopic (exact) mass is 289 g/mol. The predicted molar refractivity (Wildman–Crippen MR) is 73.0 cm³/mol. The van der Waals surface area contributed by atoms with Crippen LogP contribution in [0, 0.1) is 0 Å². The van der Waals surface area contributed by atoms with Crippen molar-refractivity contribution in [1.82, 2.24) is 0 Å². The van der Waals surface area contributed by atoms with Gasteiger partial charge in [-0.15, -0.1) is 0 Å². The Hall–Kier alpha value is -3.22. The molecule has 0 fully saturated rings. The number of aromatic carboxylic acids is 2. The van der Waals surface area contributed by atoms with Crippen LogP contribution in [0.4, 0.5) is 5.69 Å². The standard InChI is InChI=1S/C14H11NO6/c15-11-2-1-9(6-12(11)16)21-10-4-7(13(17)18)3-8(5-10)14(19)20/h1-6,16H,15H2,(H,17,18)(H,19,20). The number of carbonyl (C=O) groups is 2. The number of carboxylic acid groups (broad SMARTS) is 2. The second kappa shape index (κ2) is 5.41. The zero-order valence-electron chi connectivity index (χ0n) is 10.6. The van der Waals surface area contributed by atoms with Gasteiger partial charge in [0.2, 0.25) is 0 Å². The van der Waals surface area contributed by atoms with Crippen molar-refractivity contribution in [1.29, 1.82) is 0 Å². The summed E-state index contributed by atoms with van der Waals surface area (Å²) in [6, 6.07) is 7.50. The average molecular weight is 289 g/mol. The van der Waals surface area contributed by atoms with E-state index in [1.54, 1.807) is 0 Å². The van der Waals surface area contributed by atoms with Gasteiger partial charge in [-0.1, -0.05) is 0 Å². The third-order valence-electron chi connectivity index (χ3n) is 2.64. The molecule has 0 spiro atoms. The molecule has 0 radical (unpaired) electrons. The van der Waals surface area contributed by atoms with Crippen LogP contribution in [-0.2, 0) is 0 Å². The topological polar surface area (TPSA) is 130 Å². The van der Waals surface area contributed by atoms with E-state index in [1.807, 2.05) is 0 Å². The first-order chi connectivity index (χ1) is 9.86. The van der Waals surface area contributed by atoms with E-state index in [-0.39, 0.29) is 34.1 Å². The first-order valence-electron chi connectivity index (χ1n) is 5.75. The second-order valence-electron chi connectivity index (χ2n) is 4.18. The minimum Gasteiger partial charge on any atom is -0.506 e. The fraction of sp³-hybridized carbons (Fsp3) is 0. The van der Waals surface area contributed by atoms with Crippen LogP contribution in [-0.4, -0.2) is 27.3 Å². The van der Waals surface area contributed by atoms with Crippen LogP contribution in [0.15, 0.2) is 36.4 Å². The average Bonchev–Trinajstić information content (AvgIpc) is 2.42. The number of carboxylic acids is 2. The molecule has 0 saturated carbocycles. The van der Waals surface area contributed by atoms with E-state index in [9.17, 15) is 14.7 Å². The van der Waals surface area contributed by atoms with Gasteiger partial charge < -0.3 is 25.8 Å². The second-order valence-corrected chi connectivity index (χ2v) is 4.18. The van der Waals surface area contributed by atoms with Gasteiger partial charge in [-0.05, 0) is 30.3 Å². The zero-order valence-corrected chi connectivity index (χ0v) is 10.6. The molecule has 2 aromatic carbocycles. The fourth-order valence-corrected chi connectivity index (χ4v) is 1.63. The molecule has 0 amide bonds. The van der Waals surface area contributed by atoms with Crippen LogP contribution in [0.5, 0.6) is 17.2 Å². The maximum absolute atomic E-state index is 11.0. The minimum absolute atomic E-state index is 0.0245. The summed E-state index contributed by atoms with van der Waals surface area (Å²) < 4.78 is 5.35. The number of hydrogen-bond donors (Lipinski definition) is 4. The summed E-state index contributed by atoms with van der Waals surface area (Å²) in [7, 11) is 0. The molecule has 0 unspecified atom stereocenters. The summed E-state index contributed by atoms with van der Waals surface area (Å²) in [5, 5.41) is 27.4. The smallest absolute Gasteiger partial charge is 0.335 e. The molecule has 0 aliphatic heterocycles. The lowest BCUT2D eigenvalue weighted by Crippen LogP contribution is -2.03. The van der Waals surface area contributed by atoms with Crippen molar-refractivity contribution >= 4 is 17.6 Å². The van der Waals surface area contributed by atoms with E-state index in [0.29, 0.717) is 0 Å². The molecular weight excluding hydrogens is 278 g/mol. The van der Waals surface area contributed by atoms with Gasteiger partial charge in [0.1, 0.15) is 17.2 Å². The molecule has 21 heavy (non-hydrogen) atoms. The number of benzene rings is 2. The van der Waals surface area contributed by atoms with Gasteiger partial charge in [-0.25, -0.2) is 9.59 Å². The molecule has 5 N–H and O–H groups in total. The number of nitrogen functional groups attached to an aromatic ring is 1. The highest BCUT2D eigenvalue weighted by Crippen LogP contribution is 2.30. The molecule has 7 heteroatoms. The van der Waals surface area contributed by atoms with Crippen LogP contribution in [0.25, 0.3) is 0 Å². The Kier molecular flexibility index (Phi) is 3.66. The van der Waals surface area contributed by atoms with Crippen molar-refractivity contribution in [2.24, 2.45) is 0 Å². The molecule has 0 aromatic heterocycles. The van der Waals surface area contributed by atoms with Gasteiger partial charge in [0.15, 0.2) is 0 Å². The summed E-state index contributed by atoms with van der Waals surface area (Å²) in [4.78, 5) is 21.9. The summed E-state index contributed by atoms with van der Waals surface area (Å²) in [6.45, 7) is 0. The van der Waals surface area contributed by atoms with Crippen LogP contribution in [0.3, 0.4) is 0 Å². The van der Waals surface area contributed by atoms with Gasteiger partial charge in [0, 0.05) is 6.07 Å². The Labute approximate surface area is 118 Å².